The number of aliphatic hydroxyl groups is 1. The topological polar surface area (TPSA) is 46.5 Å². The van der Waals surface area contributed by atoms with E-state index < -0.39 is 0 Å². The number of esters is 1. The Labute approximate surface area is 174 Å². The average molecular weight is 395 g/mol. The fraction of sp³-hybridized carbons (Fsp3) is 0.654. The van der Waals surface area contributed by atoms with E-state index in [4.69, 9.17) is 4.74 Å². The van der Waals surface area contributed by atoms with Crippen molar-refractivity contribution in [3.63, 3.8) is 0 Å². The minimum Gasteiger partial charge on any atom is -0.458 e. The Hall–Kier alpha value is -1.61. The Morgan fingerprint density at radius 2 is 1.83 bits per heavy atom. The van der Waals surface area contributed by atoms with Crippen LogP contribution in [0.15, 0.2) is 42.0 Å². The molecule has 0 radical (unpaired) electrons. The monoisotopic (exact) mass is 394 g/mol. The molecule has 1 N–H and O–H groups in total. The Balaban J connectivity index is 1.32. The second-order valence-corrected chi connectivity index (χ2v) is 10.5. The van der Waals surface area contributed by atoms with Crippen molar-refractivity contribution >= 4 is 5.97 Å². The number of rotatable bonds is 2. The van der Waals surface area contributed by atoms with Crippen LogP contribution < -0.4 is 0 Å². The van der Waals surface area contributed by atoms with Gasteiger partial charge in [-0.05, 0) is 85.7 Å². The number of fused-ring (bicyclic) bond motifs is 5. The van der Waals surface area contributed by atoms with E-state index in [2.05, 4.69) is 19.9 Å². The van der Waals surface area contributed by atoms with Gasteiger partial charge in [-0.25, -0.2) is 4.79 Å². The Bertz CT molecular complexity index is 815. The number of carbonyl (C=O) groups is 1. The molecule has 0 unspecified atom stereocenters. The maximum Gasteiger partial charge on any atom is 0.338 e. The molecule has 0 amide bonds. The van der Waals surface area contributed by atoms with Gasteiger partial charge in [0.05, 0.1) is 11.7 Å². The molecule has 3 saturated carbocycles. The first-order valence-corrected chi connectivity index (χ1v) is 11.6. The van der Waals surface area contributed by atoms with Crippen LogP contribution >= 0.6 is 0 Å². The van der Waals surface area contributed by atoms with E-state index >= 15 is 0 Å². The van der Waals surface area contributed by atoms with Gasteiger partial charge in [-0.3, -0.25) is 0 Å². The standard InChI is InChI=1S/C26H34O3/c1-25-14-12-19(29-24(28)17-6-4-3-5-7-17)16-18(25)8-9-20-21-10-11-23(27)26(21,2)15-13-22(20)25/h3-8,19-23,27H,9-16H2,1-2H3/t19-,20-,21-,22-,23-,25-,26-/m0/s1. The number of hydrogen-bond donors (Lipinski definition) is 1. The van der Waals surface area contributed by atoms with E-state index in [0.717, 1.165) is 44.4 Å². The highest BCUT2D eigenvalue weighted by atomic mass is 16.5. The summed E-state index contributed by atoms with van der Waals surface area (Å²) < 4.78 is 5.89. The second-order valence-electron chi connectivity index (χ2n) is 10.5. The fourth-order valence-electron chi connectivity index (χ4n) is 7.49. The number of benzene rings is 1. The summed E-state index contributed by atoms with van der Waals surface area (Å²) in [5, 5.41) is 10.6. The van der Waals surface area contributed by atoms with Gasteiger partial charge in [0.25, 0.3) is 0 Å². The molecule has 0 saturated heterocycles. The first-order chi connectivity index (χ1) is 13.9. The van der Waals surface area contributed by atoms with Crippen molar-refractivity contribution in [2.75, 3.05) is 0 Å². The van der Waals surface area contributed by atoms with E-state index in [1.54, 1.807) is 0 Å². The summed E-state index contributed by atoms with van der Waals surface area (Å²) in [6, 6.07) is 9.35. The summed E-state index contributed by atoms with van der Waals surface area (Å²) in [7, 11) is 0. The Morgan fingerprint density at radius 1 is 1.03 bits per heavy atom. The van der Waals surface area contributed by atoms with Gasteiger partial charge in [0, 0.05) is 6.42 Å². The lowest BCUT2D eigenvalue weighted by Crippen LogP contribution is -2.51. The predicted molar refractivity (Wildman–Crippen MR) is 113 cm³/mol. The lowest BCUT2D eigenvalue weighted by atomic mass is 9.48. The highest BCUT2D eigenvalue weighted by Gasteiger charge is 2.58. The van der Waals surface area contributed by atoms with Crippen molar-refractivity contribution < 1.29 is 14.6 Å². The van der Waals surface area contributed by atoms with Crippen LogP contribution in [-0.2, 0) is 4.74 Å². The van der Waals surface area contributed by atoms with E-state index in [9.17, 15) is 9.90 Å². The number of aliphatic hydroxyl groups excluding tert-OH is 1. The highest BCUT2D eigenvalue weighted by molar-refractivity contribution is 5.89. The van der Waals surface area contributed by atoms with Gasteiger partial charge >= 0.3 is 5.97 Å². The van der Waals surface area contributed by atoms with Gasteiger partial charge in [0.1, 0.15) is 6.10 Å². The Morgan fingerprint density at radius 3 is 2.62 bits per heavy atom. The lowest BCUT2D eigenvalue weighted by molar-refractivity contribution is -0.0723. The van der Waals surface area contributed by atoms with Gasteiger partial charge in [-0.2, -0.15) is 0 Å². The summed E-state index contributed by atoms with van der Waals surface area (Å²) in [6.45, 7) is 4.81. The molecule has 1 aromatic rings. The van der Waals surface area contributed by atoms with E-state index in [1.807, 2.05) is 30.3 Å². The van der Waals surface area contributed by atoms with Gasteiger partial charge < -0.3 is 9.84 Å². The molecule has 7 atom stereocenters. The Kier molecular flexibility index (Phi) is 4.66. The third-order valence-corrected chi connectivity index (χ3v) is 9.29. The molecule has 0 aromatic heterocycles. The van der Waals surface area contributed by atoms with Gasteiger partial charge in [-0.15, -0.1) is 0 Å². The van der Waals surface area contributed by atoms with Crippen LogP contribution in [0.2, 0.25) is 0 Å². The summed E-state index contributed by atoms with van der Waals surface area (Å²) in [5.41, 5.74) is 2.54. The van der Waals surface area contributed by atoms with Crippen LogP contribution in [0.25, 0.3) is 0 Å². The smallest absolute Gasteiger partial charge is 0.338 e. The first kappa shape index (κ1) is 19.4. The van der Waals surface area contributed by atoms with E-state index in [0.29, 0.717) is 17.4 Å². The number of allylic oxidation sites excluding steroid dienone is 1. The first-order valence-electron chi connectivity index (χ1n) is 11.6. The molecule has 0 spiro atoms. The second kappa shape index (κ2) is 6.97. The summed E-state index contributed by atoms with van der Waals surface area (Å²) in [6.07, 6.45) is 11.0. The van der Waals surface area contributed by atoms with Crippen LogP contribution in [0.5, 0.6) is 0 Å². The molecule has 4 aliphatic carbocycles. The largest absolute Gasteiger partial charge is 0.458 e. The van der Waals surface area contributed by atoms with Crippen LogP contribution in [0.4, 0.5) is 0 Å². The number of hydrogen-bond acceptors (Lipinski definition) is 3. The fourth-order valence-corrected chi connectivity index (χ4v) is 7.49. The van der Waals surface area contributed by atoms with Crippen molar-refractivity contribution in [3.05, 3.63) is 47.5 Å². The number of carbonyl (C=O) groups excluding carboxylic acids is 1. The minimum atomic E-state index is -0.193. The summed E-state index contributed by atoms with van der Waals surface area (Å²) >= 11 is 0. The van der Waals surface area contributed by atoms with Crippen LogP contribution in [0, 0.1) is 28.6 Å². The third kappa shape index (κ3) is 3.00. The maximum absolute atomic E-state index is 12.5. The molecule has 3 nitrogen and oxygen atoms in total. The van der Waals surface area contributed by atoms with Crippen LogP contribution in [-0.4, -0.2) is 23.3 Å². The van der Waals surface area contributed by atoms with Crippen molar-refractivity contribution in [1.29, 1.82) is 0 Å². The predicted octanol–water partition coefficient (Wildman–Crippen LogP) is 5.54. The van der Waals surface area contributed by atoms with Crippen molar-refractivity contribution in [2.24, 2.45) is 28.6 Å². The minimum absolute atomic E-state index is 0.000685. The molecular weight excluding hydrogens is 360 g/mol. The zero-order chi connectivity index (χ0) is 20.2. The van der Waals surface area contributed by atoms with E-state index in [1.165, 1.54) is 18.4 Å². The summed E-state index contributed by atoms with van der Waals surface area (Å²) in [4.78, 5) is 12.5. The molecule has 5 rings (SSSR count). The molecule has 4 aliphatic rings. The third-order valence-electron chi connectivity index (χ3n) is 9.29. The van der Waals surface area contributed by atoms with Crippen LogP contribution in [0.1, 0.15) is 75.6 Å². The van der Waals surface area contributed by atoms with Crippen LogP contribution in [0.3, 0.4) is 0 Å². The van der Waals surface area contributed by atoms with Gasteiger partial charge in [-0.1, -0.05) is 43.7 Å². The molecule has 3 fully saturated rings. The van der Waals surface area contributed by atoms with Crippen molar-refractivity contribution in [1.82, 2.24) is 0 Å². The molecule has 3 heteroatoms. The lowest BCUT2D eigenvalue weighted by Gasteiger charge is -2.57. The zero-order valence-electron chi connectivity index (χ0n) is 17.8. The summed E-state index contributed by atoms with van der Waals surface area (Å²) in [5.74, 6) is 1.90. The SMILES string of the molecule is C[C@]12CC[C@H]3[C@@H](CC=C4C[C@@H](OC(=O)c5ccccc5)CC[C@@]43C)[C@@H]1CC[C@@H]2O. The molecule has 29 heavy (non-hydrogen) atoms. The van der Waals surface area contributed by atoms with Crippen molar-refractivity contribution in [2.45, 2.75) is 77.4 Å². The zero-order valence-corrected chi connectivity index (χ0v) is 17.8. The normalized spacial score (nSPS) is 43.6. The molecule has 0 bridgehead atoms. The number of ether oxygens (including phenoxy) is 1. The molecular formula is C26H34O3. The maximum atomic E-state index is 12.5. The quantitative estimate of drug-likeness (QED) is 0.529. The average Bonchev–Trinajstić information content (AvgIpc) is 3.03. The molecule has 1 aromatic carbocycles. The molecule has 156 valence electrons. The van der Waals surface area contributed by atoms with Gasteiger partial charge in [0.15, 0.2) is 0 Å². The van der Waals surface area contributed by atoms with Gasteiger partial charge in [0.2, 0.25) is 0 Å². The van der Waals surface area contributed by atoms with Crippen molar-refractivity contribution in [3.8, 4) is 0 Å². The van der Waals surface area contributed by atoms with E-state index in [-0.39, 0.29) is 29.0 Å². The molecule has 0 aliphatic heterocycles. The molecule has 0 heterocycles. The highest BCUT2D eigenvalue weighted by Crippen LogP contribution is 2.64.